The zero-order valence-corrected chi connectivity index (χ0v) is 17.4. The van der Waals surface area contributed by atoms with E-state index in [9.17, 15) is 9.59 Å². The fourth-order valence-corrected chi connectivity index (χ4v) is 3.10. The van der Waals surface area contributed by atoms with Gasteiger partial charge in [0.1, 0.15) is 0 Å². The first-order valence-electron chi connectivity index (χ1n) is 10.0. The number of nitrogens with one attached hydrogen (secondary N) is 1. The maximum absolute atomic E-state index is 12.4. The van der Waals surface area contributed by atoms with E-state index in [1.807, 2.05) is 24.3 Å². The normalized spacial score (nSPS) is 14.7. The third-order valence-corrected chi connectivity index (χ3v) is 4.92. The highest BCUT2D eigenvalue weighted by molar-refractivity contribution is 5.94. The molecule has 1 N–H and O–H groups in total. The van der Waals surface area contributed by atoms with Crippen LogP contribution in [0.1, 0.15) is 53.6 Å². The number of benzene rings is 1. The maximum atomic E-state index is 12.4. The number of ether oxygens (including phenoxy) is 1. The van der Waals surface area contributed by atoms with Crippen LogP contribution in [0.2, 0.25) is 0 Å². The second-order valence-corrected chi connectivity index (χ2v) is 8.21. The zero-order valence-electron chi connectivity index (χ0n) is 17.4. The van der Waals surface area contributed by atoms with Crippen LogP contribution in [0.25, 0.3) is 0 Å². The highest BCUT2D eigenvalue weighted by Gasteiger charge is 2.21. The van der Waals surface area contributed by atoms with Crippen LogP contribution in [-0.4, -0.2) is 64.6 Å². The number of carbonyl (C=O) groups is 2. The van der Waals surface area contributed by atoms with E-state index in [1.165, 1.54) is 5.56 Å². The number of hydrogen-bond donors (Lipinski definition) is 1. The second-order valence-electron chi connectivity index (χ2n) is 8.21. The molecule has 29 heavy (non-hydrogen) atoms. The Hall–Kier alpha value is -2.74. The molecule has 0 bridgehead atoms. The van der Waals surface area contributed by atoms with Gasteiger partial charge in [-0.05, 0) is 29.5 Å². The van der Waals surface area contributed by atoms with E-state index in [-0.39, 0.29) is 17.2 Å². The molecule has 8 nitrogen and oxygen atoms in total. The predicted octanol–water partition coefficient (Wildman–Crippen LogP) is 1.87. The lowest BCUT2D eigenvalue weighted by Gasteiger charge is -2.25. The third-order valence-electron chi connectivity index (χ3n) is 4.92. The largest absolute Gasteiger partial charge is 0.378 e. The Bertz CT molecular complexity index is 833. The van der Waals surface area contributed by atoms with Crippen molar-refractivity contribution in [3.63, 3.8) is 0 Å². The fraction of sp³-hybridized carbons (Fsp3) is 0.524. The summed E-state index contributed by atoms with van der Waals surface area (Å²) in [7, 11) is 0. The smallest absolute Gasteiger partial charge is 0.276 e. The molecule has 2 heterocycles. The quantitative estimate of drug-likeness (QED) is 0.749. The maximum Gasteiger partial charge on any atom is 0.276 e. The number of morpholine rings is 1. The van der Waals surface area contributed by atoms with Crippen molar-refractivity contribution in [1.82, 2.24) is 25.2 Å². The van der Waals surface area contributed by atoms with Gasteiger partial charge in [0.05, 0.1) is 19.4 Å². The van der Waals surface area contributed by atoms with Crippen molar-refractivity contribution < 1.29 is 14.3 Å². The molecule has 0 spiro atoms. The summed E-state index contributed by atoms with van der Waals surface area (Å²) in [6.45, 7) is 9.80. The molecule has 2 aromatic rings. The highest BCUT2D eigenvalue weighted by atomic mass is 16.5. The SMILES string of the molecule is CC(C)(C)c1ccc(C(=O)NCCCn2cc(C(=O)N3CCOCC3)nn2)cc1. The number of aromatic nitrogens is 3. The lowest BCUT2D eigenvalue weighted by Crippen LogP contribution is -2.40. The Balaban J connectivity index is 1.43. The molecule has 1 aromatic heterocycles. The van der Waals surface area contributed by atoms with Gasteiger partial charge < -0.3 is 15.0 Å². The highest BCUT2D eigenvalue weighted by Crippen LogP contribution is 2.22. The lowest BCUT2D eigenvalue weighted by molar-refractivity contribution is 0.0299. The first-order valence-corrected chi connectivity index (χ1v) is 10.0. The van der Waals surface area contributed by atoms with Gasteiger partial charge in [0.15, 0.2) is 5.69 Å². The number of aryl methyl sites for hydroxylation is 1. The number of nitrogens with zero attached hydrogens (tertiary/aromatic N) is 4. The average molecular weight is 399 g/mol. The summed E-state index contributed by atoms with van der Waals surface area (Å²) in [4.78, 5) is 26.4. The van der Waals surface area contributed by atoms with Crippen LogP contribution in [0, 0.1) is 0 Å². The molecule has 0 saturated carbocycles. The van der Waals surface area contributed by atoms with Gasteiger partial charge in [-0.3, -0.25) is 14.3 Å². The van der Waals surface area contributed by atoms with Gasteiger partial charge in [-0.1, -0.05) is 38.1 Å². The molecule has 8 heteroatoms. The number of carbonyl (C=O) groups excluding carboxylic acids is 2. The van der Waals surface area contributed by atoms with E-state index in [0.717, 1.165) is 0 Å². The molecule has 2 amide bonds. The van der Waals surface area contributed by atoms with E-state index in [4.69, 9.17) is 4.74 Å². The molecule has 1 fully saturated rings. The van der Waals surface area contributed by atoms with Gasteiger partial charge in [0.2, 0.25) is 0 Å². The van der Waals surface area contributed by atoms with Gasteiger partial charge >= 0.3 is 0 Å². The Morgan fingerprint density at radius 3 is 2.48 bits per heavy atom. The van der Waals surface area contributed by atoms with E-state index < -0.39 is 0 Å². The summed E-state index contributed by atoms with van der Waals surface area (Å²) in [5, 5.41) is 10.9. The van der Waals surface area contributed by atoms with E-state index in [0.29, 0.717) is 57.1 Å². The molecule has 1 aromatic carbocycles. The van der Waals surface area contributed by atoms with Crippen LogP contribution in [0.3, 0.4) is 0 Å². The molecule has 0 aliphatic carbocycles. The predicted molar refractivity (Wildman–Crippen MR) is 109 cm³/mol. The van der Waals surface area contributed by atoms with Crippen LogP contribution in [0.5, 0.6) is 0 Å². The van der Waals surface area contributed by atoms with Gasteiger partial charge in [-0.25, -0.2) is 0 Å². The van der Waals surface area contributed by atoms with E-state index >= 15 is 0 Å². The van der Waals surface area contributed by atoms with Crippen molar-refractivity contribution >= 4 is 11.8 Å². The second kappa shape index (κ2) is 9.17. The van der Waals surface area contributed by atoms with Crippen molar-refractivity contribution in [3.8, 4) is 0 Å². The van der Waals surface area contributed by atoms with E-state index in [1.54, 1.807) is 15.8 Å². The molecule has 0 radical (unpaired) electrons. The van der Waals surface area contributed by atoms with Crippen LogP contribution >= 0.6 is 0 Å². The Labute approximate surface area is 171 Å². The topological polar surface area (TPSA) is 89.4 Å². The molecule has 3 rings (SSSR count). The number of rotatable bonds is 6. The molecular weight excluding hydrogens is 370 g/mol. The van der Waals surface area contributed by atoms with Gasteiger partial charge in [-0.2, -0.15) is 0 Å². The molecule has 1 saturated heterocycles. The first kappa shape index (κ1) is 21.0. The standard InChI is InChI=1S/C21H29N5O3/c1-21(2,3)17-7-5-16(6-8-17)19(27)22-9-4-10-26-15-18(23-24-26)20(28)25-11-13-29-14-12-25/h5-8,15H,4,9-14H2,1-3H3,(H,22,27). The number of amides is 2. The minimum atomic E-state index is -0.119. The molecule has 1 aliphatic heterocycles. The van der Waals surface area contributed by atoms with Gasteiger partial charge in [-0.15, -0.1) is 5.10 Å². The van der Waals surface area contributed by atoms with Crippen molar-refractivity contribution in [1.29, 1.82) is 0 Å². The van der Waals surface area contributed by atoms with Crippen LogP contribution in [-0.2, 0) is 16.7 Å². The minimum Gasteiger partial charge on any atom is -0.378 e. The van der Waals surface area contributed by atoms with Crippen LogP contribution in [0.15, 0.2) is 30.5 Å². The summed E-state index contributed by atoms with van der Waals surface area (Å²) in [6.07, 6.45) is 2.35. The average Bonchev–Trinajstić information content (AvgIpc) is 3.19. The number of hydrogen-bond acceptors (Lipinski definition) is 5. The van der Waals surface area contributed by atoms with Crippen LogP contribution in [0.4, 0.5) is 0 Å². The fourth-order valence-electron chi connectivity index (χ4n) is 3.10. The molecule has 1 aliphatic rings. The van der Waals surface area contributed by atoms with Gasteiger partial charge in [0.25, 0.3) is 11.8 Å². The monoisotopic (exact) mass is 399 g/mol. The molecule has 156 valence electrons. The van der Waals surface area contributed by atoms with E-state index in [2.05, 4.69) is 36.4 Å². The zero-order chi connectivity index (χ0) is 20.9. The van der Waals surface area contributed by atoms with Crippen molar-refractivity contribution in [2.75, 3.05) is 32.8 Å². The summed E-state index contributed by atoms with van der Waals surface area (Å²) in [5.74, 6) is -0.209. The van der Waals surface area contributed by atoms with Crippen LogP contribution < -0.4 is 5.32 Å². The van der Waals surface area contributed by atoms with Crippen molar-refractivity contribution in [2.24, 2.45) is 0 Å². The Morgan fingerprint density at radius 1 is 1.14 bits per heavy atom. The van der Waals surface area contributed by atoms with Gasteiger partial charge in [0, 0.05) is 31.7 Å². The summed E-state index contributed by atoms with van der Waals surface area (Å²) < 4.78 is 6.90. The Kier molecular flexibility index (Phi) is 6.64. The molecule has 0 atom stereocenters. The Morgan fingerprint density at radius 2 is 1.83 bits per heavy atom. The summed E-state index contributed by atoms with van der Waals surface area (Å²) in [6, 6.07) is 7.71. The first-order chi connectivity index (χ1) is 13.8. The lowest BCUT2D eigenvalue weighted by atomic mass is 9.87. The van der Waals surface area contributed by atoms with Crippen molar-refractivity contribution in [3.05, 3.63) is 47.3 Å². The molecule has 0 unspecified atom stereocenters. The third kappa shape index (κ3) is 5.63. The summed E-state index contributed by atoms with van der Waals surface area (Å²) in [5.41, 5.74) is 2.25. The van der Waals surface area contributed by atoms with Crippen molar-refractivity contribution in [2.45, 2.75) is 39.2 Å². The minimum absolute atomic E-state index is 0.0643. The summed E-state index contributed by atoms with van der Waals surface area (Å²) >= 11 is 0. The molecular formula is C21H29N5O3.